The van der Waals surface area contributed by atoms with Gasteiger partial charge >= 0.3 is 0 Å². The molecule has 5 nitrogen and oxygen atoms in total. The number of ether oxygens (including phenoxy) is 2. The minimum absolute atomic E-state index is 0.113. The highest BCUT2D eigenvalue weighted by Gasteiger charge is 2.26. The number of nitrogens with two attached hydrogens (primary N) is 1. The fourth-order valence-corrected chi connectivity index (χ4v) is 2.10. The summed E-state index contributed by atoms with van der Waals surface area (Å²) in [7, 11) is 0. The molecule has 0 spiro atoms. The first-order valence-corrected chi connectivity index (χ1v) is 7.17. The Morgan fingerprint density at radius 3 is 2.75 bits per heavy atom. The van der Waals surface area contributed by atoms with Gasteiger partial charge < -0.3 is 20.5 Å². The predicted octanol–water partition coefficient (Wildman–Crippen LogP) is 1.46. The van der Waals surface area contributed by atoms with E-state index in [2.05, 4.69) is 5.32 Å². The van der Waals surface area contributed by atoms with Crippen molar-refractivity contribution in [3.05, 3.63) is 24.3 Å². The summed E-state index contributed by atoms with van der Waals surface area (Å²) in [6, 6.07) is 7.38. The quantitative estimate of drug-likeness (QED) is 0.741. The minimum Gasteiger partial charge on any atom is -0.485 e. The molecule has 0 fully saturated rings. The lowest BCUT2D eigenvalue weighted by Crippen LogP contribution is -2.44. The summed E-state index contributed by atoms with van der Waals surface area (Å²) >= 11 is 0. The molecule has 0 aliphatic carbocycles. The van der Waals surface area contributed by atoms with Crippen molar-refractivity contribution in [1.29, 1.82) is 0 Å². The van der Waals surface area contributed by atoms with Gasteiger partial charge in [0.15, 0.2) is 11.5 Å². The summed E-state index contributed by atoms with van der Waals surface area (Å²) in [4.78, 5) is 12.0. The van der Waals surface area contributed by atoms with E-state index < -0.39 is 6.10 Å². The van der Waals surface area contributed by atoms with E-state index in [4.69, 9.17) is 15.2 Å². The Morgan fingerprint density at radius 2 is 1.95 bits per heavy atom. The summed E-state index contributed by atoms with van der Waals surface area (Å²) in [5.41, 5.74) is 5.43. The van der Waals surface area contributed by atoms with Gasteiger partial charge in [-0.3, -0.25) is 4.79 Å². The van der Waals surface area contributed by atoms with E-state index in [0.29, 0.717) is 18.0 Å². The fraction of sp³-hybridized carbons (Fsp3) is 0.533. The van der Waals surface area contributed by atoms with Crippen LogP contribution in [0.25, 0.3) is 0 Å². The Balaban J connectivity index is 1.69. The summed E-state index contributed by atoms with van der Waals surface area (Å²) < 4.78 is 11.2. The van der Waals surface area contributed by atoms with Gasteiger partial charge in [0.25, 0.3) is 5.91 Å². The van der Waals surface area contributed by atoms with E-state index >= 15 is 0 Å². The lowest BCUT2D eigenvalue weighted by molar-refractivity contribution is -0.130. The van der Waals surface area contributed by atoms with E-state index in [1.807, 2.05) is 24.3 Å². The van der Waals surface area contributed by atoms with Gasteiger partial charge in [0.05, 0.1) is 0 Å². The number of benzene rings is 1. The molecule has 1 amide bonds. The van der Waals surface area contributed by atoms with Crippen molar-refractivity contribution >= 4 is 5.91 Å². The van der Waals surface area contributed by atoms with Crippen molar-refractivity contribution in [2.24, 2.45) is 5.73 Å². The zero-order chi connectivity index (χ0) is 14.2. The first-order chi connectivity index (χ1) is 9.81. The SMILES string of the molecule is NCCCCCCNC(=O)C1COc2ccccc2O1. The van der Waals surface area contributed by atoms with Crippen LogP contribution in [0.15, 0.2) is 24.3 Å². The van der Waals surface area contributed by atoms with Crippen molar-refractivity contribution in [2.75, 3.05) is 19.7 Å². The van der Waals surface area contributed by atoms with Crippen molar-refractivity contribution in [3.63, 3.8) is 0 Å². The summed E-state index contributed by atoms with van der Waals surface area (Å²) in [6.07, 6.45) is 3.65. The summed E-state index contributed by atoms with van der Waals surface area (Å²) in [5, 5.41) is 2.88. The molecule has 1 aromatic rings. The summed E-state index contributed by atoms with van der Waals surface area (Å²) in [5.74, 6) is 1.21. The van der Waals surface area contributed by atoms with Crippen LogP contribution >= 0.6 is 0 Å². The molecule has 1 atom stereocenters. The number of fused-ring (bicyclic) bond motifs is 1. The van der Waals surface area contributed by atoms with Gasteiger partial charge in [-0.2, -0.15) is 0 Å². The average Bonchev–Trinajstić information content (AvgIpc) is 2.50. The van der Waals surface area contributed by atoms with Crippen molar-refractivity contribution in [1.82, 2.24) is 5.32 Å². The van der Waals surface area contributed by atoms with Crippen LogP contribution in [0.2, 0.25) is 0 Å². The molecule has 0 aromatic heterocycles. The van der Waals surface area contributed by atoms with Crippen molar-refractivity contribution in [2.45, 2.75) is 31.8 Å². The van der Waals surface area contributed by atoms with Gasteiger partial charge in [-0.15, -0.1) is 0 Å². The first kappa shape index (κ1) is 14.7. The third-order valence-corrected chi connectivity index (χ3v) is 3.23. The third kappa shape index (κ3) is 4.13. The molecule has 0 saturated carbocycles. The molecule has 0 saturated heterocycles. The number of nitrogens with one attached hydrogen (secondary N) is 1. The van der Waals surface area contributed by atoms with Gasteiger partial charge in [0, 0.05) is 6.54 Å². The van der Waals surface area contributed by atoms with E-state index in [1.165, 1.54) is 0 Å². The molecule has 2 rings (SSSR count). The zero-order valence-corrected chi connectivity index (χ0v) is 11.6. The largest absolute Gasteiger partial charge is 0.485 e. The standard InChI is InChI=1S/C15H22N2O3/c16-9-5-1-2-6-10-17-15(18)14-11-19-12-7-3-4-8-13(12)20-14/h3-4,7-8,14H,1-2,5-6,9-11,16H2,(H,17,18). The maximum Gasteiger partial charge on any atom is 0.264 e. The summed E-state index contributed by atoms with van der Waals surface area (Å²) in [6.45, 7) is 1.67. The number of rotatable bonds is 7. The maximum absolute atomic E-state index is 12.0. The monoisotopic (exact) mass is 278 g/mol. The van der Waals surface area contributed by atoms with Gasteiger partial charge in [0.1, 0.15) is 6.61 Å². The maximum atomic E-state index is 12.0. The molecule has 1 unspecified atom stereocenters. The number of carbonyl (C=O) groups is 1. The highest BCUT2D eigenvalue weighted by molar-refractivity contribution is 5.81. The molecule has 0 radical (unpaired) electrons. The van der Waals surface area contributed by atoms with Gasteiger partial charge in [-0.25, -0.2) is 0 Å². The van der Waals surface area contributed by atoms with Crippen molar-refractivity contribution < 1.29 is 14.3 Å². The average molecular weight is 278 g/mol. The van der Waals surface area contributed by atoms with E-state index in [-0.39, 0.29) is 12.5 Å². The molecular weight excluding hydrogens is 256 g/mol. The van der Waals surface area contributed by atoms with Crippen LogP contribution < -0.4 is 20.5 Å². The molecule has 0 bridgehead atoms. The second kappa shape index (κ2) is 7.75. The number of amides is 1. The number of para-hydroxylation sites is 2. The van der Waals surface area contributed by atoms with Crippen LogP contribution in [0, 0.1) is 0 Å². The lowest BCUT2D eigenvalue weighted by atomic mass is 10.2. The van der Waals surface area contributed by atoms with Crippen LogP contribution in [0.1, 0.15) is 25.7 Å². The van der Waals surface area contributed by atoms with Gasteiger partial charge in [-0.05, 0) is 31.5 Å². The Labute approximate surface area is 119 Å². The number of carbonyl (C=O) groups excluding carboxylic acids is 1. The fourth-order valence-electron chi connectivity index (χ4n) is 2.10. The van der Waals surface area contributed by atoms with Crippen molar-refractivity contribution in [3.8, 4) is 11.5 Å². The van der Waals surface area contributed by atoms with E-state index in [9.17, 15) is 4.79 Å². The molecule has 1 aromatic carbocycles. The molecule has 5 heteroatoms. The van der Waals surface area contributed by atoms with Crippen LogP contribution in [0.4, 0.5) is 0 Å². The predicted molar refractivity (Wildman–Crippen MR) is 76.9 cm³/mol. The Kier molecular flexibility index (Phi) is 5.68. The lowest BCUT2D eigenvalue weighted by Gasteiger charge is -2.25. The molecule has 3 N–H and O–H groups in total. The zero-order valence-electron chi connectivity index (χ0n) is 11.6. The number of unbranched alkanes of at least 4 members (excludes halogenated alkanes) is 3. The molecule has 1 aliphatic rings. The minimum atomic E-state index is -0.561. The van der Waals surface area contributed by atoms with Crippen LogP contribution in [0.5, 0.6) is 11.5 Å². The third-order valence-electron chi connectivity index (χ3n) is 3.23. The highest BCUT2D eigenvalue weighted by atomic mass is 16.6. The van der Waals surface area contributed by atoms with E-state index in [1.54, 1.807) is 0 Å². The van der Waals surface area contributed by atoms with Gasteiger partial charge in [0.2, 0.25) is 6.10 Å². The Bertz CT molecular complexity index is 437. The topological polar surface area (TPSA) is 73.6 Å². The van der Waals surface area contributed by atoms with Crippen LogP contribution in [-0.4, -0.2) is 31.7 Å². The molecular formula is C15H22N2O3. The Hall–Kier alpha value is -1.75. The van der Waals surface area contributed by atoms with Crippen LogP contribution in [-0.2, 0) is 4.79 Å². The molecule has 1 heterocycles. The smallest absolute Gasteiger partial charge is 0.264 e. The molecule has 1 aliphatic heterocycles. The second-order valence-corrected chi connectivity index (χ2v) is 4.86. The first-order valence-electron chi connectivity index (χ1n) is 7.17. The number of hydrogen-bond acceptors (Lipinski definition) is 4. The molecule has 110 valence electrons. The Morgan fingerprint density at radius 1 is 1.20 bits per heavy atom. The normalized spacial score (nSPS) is 16.8. The number of hydrogen-bond donors (Lipinski definition) is 2. The van der Waals surface area contributed by atoms with Crippen LogP contribution in [0.3, 0.4) is 0 Å². The second-order valence-electron chi connectivity index (χ2n) is 4.86. The molecule has 20 heavy (non-hydrogen) atoms. The highest BCUT2D eigenvalue weighted by Crippen LogP contribution is 2.30. The van der Waals surface area contributed by atoms with E-state index in [0.717, 1.165) is 32.2 Å². The van der Waals surface area contributed by atoms with Gasteiger partial charge in [-0.1, -0.05) is 25.0 Å².